The van der Waals surface area contributed by atoms with Crippen molar-refractivity contribution in [2.24, 2.45) is 0 Å². The van der Waals surface area contributed by atoms with E-state index < -0.39 is 0 Å². The van der Waals surface area contributed by atoms with E-state index in [0.29, 0.717) is 22.0 Å². The summed E-state index contributed by atoms with van der Waals surface area (Å²) in [6.07, 6.45) is 0. The second-order valence-electron chi connectivity index (χ2n) is 4.69. The summed E-state index contributed by atoms with van der Waals surface area (Å²) in [4.78, 5) is 16.6. The van der Waals surface area contributed by atoms with Gasteiger partial charge in [-0.05, 0) is 30.3 Å². The number of carbonyl (C=O) groups is 1. The Morgan fingerprint density at radius 1 is 1.22 bits per heavy atom. The van der Waals surface area contributed by atoms with Crippen molar-refractivity contribution in [2.45, 2.75) is 0 Å². The predicted molar refractivity (Wildman–Crippen MR) is 91.7 cm³/mol. The first kappa shape index (κ1) is 15.2. The molecular weight excluding hydrogens is 330 g/mol. The van der Waals surface area contributed by atoms with Gasteiger partial charge < -0.3 is 5.32 Å². The number of rotatable bonds is 3. The van der Waals surface area contributed by atoms with Crippen LogP contribution in [-0.2, 0) is 0 Å². The van der Waals surface area contributed by atoms with Gasteiger partial charge in [0, 0.05) is 21.7 Å². The number of amides is 1. The number of nitrogens with zero attached hydrogens (tertiary/aromatic N) is 2. The summed E-state index contributed by atoms with van der Waals surface area (Å²) in [6.45, 7) is 0. The van der Waals surface area contributed by atoms with E-state index in [9.17, 15) is 4.79 Å². The van der Waals surface area contributed by atoms with Gasteiger partial charge in [-0.2, -0.15) is 5.26 Å². The molecule has 2 aromatic carbocycles. The molecule has 1 heterocycles. The number of carbonyl (C=O) groups excluding carboxylic acids is 1. The zero-order valence-electron chi connectivity index (χ0n) is 11.8. The van der Waals surface area contributed by atoms with E-state index in [-0.39, 0.29) is 5.91 Å². The van der Waals surface area contributed by atoms with Gasteiger partial charge in [0.1, 0.15) is 10.7 Å². The molecule has 0 aliphatic heterocycles. The number of hydrogen-bond donors (Lipinski definition) is 1. The first-order chi connectivity index (χ1) is 11.2. The number of nitrogens with one attached hydrogen (secondary N) is 1. The third kappa shape index (κ3) is 3.57. The molecule has 6 heteroatoms. The van der Waals surface area contributed by atoms with Crippen LogP contribution in [0.15, 0.2) is 53.9 Å². The van der Waals surface area contributed by atoms with E-state index in [4.69, 9.17) is 16.9 Å². The lowest BCUT2D eigenvalue weighted by atomic mass is 10.2. The lowest BCUT2D eigenvalue weighted by Gasteiger charge is -2.03. The summed E-state index contributed by atoms with van der Waals surface area (Å²) in [7, 11) is 0. The monoisotopic (exact) mass is 339 g/mol. The average molecular weight is 340 g/mol. The van der Waals surface area contributed by atoms with Crippen LogP contribution in [0.4, 0.5) is 5.69 Å². The predicted octanol–water partition coefficient (Wildman–Crippen LogP) is 4.59. The van der Waals surface area contributed by atoms with Gasteiger partial charge in [0.25, 0.3) is 5.91 Å². The van der Waals surface area contributed by atoms with Crippen molar-refractivity contribution in [3.63, 3.8) is 0 Å². The molecule has 1 N–H and O–H groups in total. The summed E-state index contributed by atoms with van der Waals surface area (Å²) >= 11 is 7.25. The van der Waals surface area contributed by atoms with Crippen LogP contribution < -0.4 is 5.32 Å². The summed E-state index contributed by atoms with van der Waals surface area (Å²) in [5.74, 6) is -0.309. The summed E-state index contributed by atoms with van der Waals surface area (Å²) in [5, 5.41) is 14.7. The molecule has 112 valence electrons. The molecule has 3 aromatic rings. The number of halogens is 1. The van der Waals surface area contributed by atoms with Crippen LogP contribution >= 0.6 is 22.9 Å². The smallest absolute Gasteiger partial charge is 0.275 e. The maximum Gasteiger partial charge on any atom is 0.275 e. The highest BCUT2D eigenvalue weighted by Gasteiger charge is 2.12. The molecule has 0 saturated heterocycles. The zero-order valence-corrected chi connectivity index (χ0v) is 13.4. The molecule has 1 amide bonds. The van der Waals surface area contributed by atoms with Crippen molar-refractivity contribution in [2.75, 3.05) is 5.32 Å². The number of thiazole rings is 1. The van der Waals surface area contributed by atoms with Crippen molar-refractivity contribution in [1.29, 1.82) is 5.26 Å². The van der Waals surface area contributed by atoms with Crippen molar-refractivity contribution in [3.05, 3.63) is 70.2 Å². The molecule has 0 aliphatic carbocycles. The van der Waals surface area contributed by atoms with Gasteiger partial charge in [-0.3, -0.25) is 4.79 Å². The number of nitriles is 1. The van der Waals surface area contributed by atoms with Crippen LogP contribution in [0.3, 0.4) is 0 Å². The van der Waals surface area contributed by atoms with Gasteiger partial charge in [-0.1, -0.05) is 29.8 Å². The van der Waals surface area contributed by atoms with Crippen LogP contribution in [0, 0.1) is 11.3 Å². The standard InChI is InChI=1S/C17H10ClN3OS/c18-13-6-4-12(5-7-13)17-21-15(10-23-17)16(22)20-14-3-1-2-11(8-14)9-19/h1-8,10H,(H,20,22). The maximum atomic E-state index is 12.2. The van der Waals surface area contributed by atoms with Crippen LogP contribution in [0.25, 0.3) is 10.6 Å². The highest BCUT2D eigenvalue weighted by molar-refractivity contribution is 7.13. The molecule has 0 unspecified atom stereocenters. The number of anilines is 1. The minimum Gasteiger partial charge on any atom is -0.321 e. The van der Waals surface area contributed by atoms with Gasteiger partial charge in [0.15, 0.2) is 0 Å². The fourth-order valence-electron chi connectivity index (χ4n) is 1.96. The van der Waals surface area contributed by atoms with Crippen molar-refractivity contribution < 1.29 is 4.79 Å². The van der Waals surface area contributed by atoms with Crippen LogP contribution in [0.2, 0.25) is 5.02 Å². The molecular formula is C17H10ClN3OS. The van der Waals surface area contributed by atoms with E-state index in [1.165, 1.54) is 11.3 Å². The van der Waals surface area contributed by atoms with E-state index in [1.54, 1.807) is 41.8 Å². The molecule has 3 rings (SSSR count). The van der Waals surface area contributed by atoms with Crippen LogP contribution in [-0.4, -0.2) is 10.9 Å². The minimum absolute atomic E-state index is 0.309. The van der Waals surface area contributed by atoms with Crippen molar-refractivity contribution in [1.82, 2.24) is 4.98 Å². The largest absolute Gasteiger partial charge is 0.321 e. The van der Waals surface area contributed by atoms with E-state index in [1.807, 2.05) is 18.2 Å². The maximum absolute atomic E-state index is 12.2. The quantitative estimate of drug-likeness (QED) is 0.759. The van der Waals surface area contributed by atoms with Gasteiger partial charge in [0.2, 0.25) is 0 Å². The van der Waals surface area contributed by atoms with Gasteiger partial charge in [0.05, 0.1) is 11.6 Å². The van der Waals surface area contributed by atoms with Crippen molar-refractivity contribution in [3.8, 4) is 16.6 Å². The molecule has 1 aromatic heterocycles. The molecule has 0 fully saturated rings. The molecule has 0 atom stereocenters. The Morgan fingerprint density at radius 3 is 2.74 bits per heavy atom. The minimum atomic E-state index is -0.309. The van der Waals surface area contributed by atoms with E-state index in [0.717, 1.165) is 10.6 Å². The molecule has 0 saturated carbocycles. The fourth-order valence-corrected chi connectivity index (χ4v) is 2.90. The third-order valence-electron chi connectivity index (χ3n) is 3.08. The highest BCUT2D eigenvalue weighted by atomic mass is 35.5. The molecule has 0 radical (unpaired) electrons. The van der Waals surface area contributed by atoms with Crippen LogP contribution in [0.1, 0.15) is 16.1 Å². The average Bonchev–Trinajstić information content (AvgIpc) is 3.06. The highest BCUT2D eigenvalue weighted by Crippen LogP contribution is 2.25. The number of hydrogen-bond acceptors (Lipinski definition) is 4. The first-order valence-electron chi connectivity index (χ1n) is 6.69. The van der Waals surface area contributed by atoms with Gasteiger partial charge in [-0.15, -0.1) is 11.3 Å². The Kier molecular flexibility index (Phi) is 4.38. The zero-order chi connectivity index (χ0) is 16.2. The van der Waals surface area contributed by atoms with E-state index in [2.05, 4.69) is 10.3 Å². The summed E-state index contributed by atoms with van der Waals surface area (Å²) < 4.78 is 0. The molecule has 0 spiro atoms. The first-order valence-corrected chi connectivity index (χ1v) is 7.94. The summed E-state index contributed by atoms with van der Waals surface area (Å²) in [6, 6.07) is 16.1. The Labute approximate surface area is 142 Å². The van der Waals surface area contributed by atoms with E-state index >= 15 is 0 Å². The van der Waals surface area contributed by atoms with Crippen molar-refractivity contribution >= 4 is 34.5 Å². The van der Waals surface area contributed by atoms with Gasteiger partial charge >= 0.3 is 0 Å². The lowest BCUT2D eigenvalue weighted by Crippen LogP contribution is -2.12. The Balaban J connectivity index is 1.78. The Bertz CT molecular complexity index is 897. The molecule has 0 aliphatic rings. The Hall–Kier alpha value is -2.68. The SMILES string of the molecule is N#Cc1cccc(NC(=O)c2csc(-c3ccc(Cl)cc3)n2)c1. The molecule has 0 bridgehead atoms. The molecule has 23 heavy (non-hydrogen) atoms. The fraction of sp³-hybridized carbons (Fsp3) is 0. The second kappa shape index (κ2) is 6.61. The van der Waals surface area contributed by atoms with Crippen LogP contribution in [0.5, 0.6) is 0 Å². The number of benzene rings is 2. The third-order valence-corrected chi connectivity index (χ3v) is 4.22. The number of aromatic nitrogens is 1. The molecule has 4 nitrogen and oxygen atoms in total. The summed E-state index contributed by atoms with van der Waals surface area (Å²) in [5.41, 5.74) is 2.30. The van der Waals surface area contributed by atoms with Gasteiger partial charge in [-0.25, -0.2) is 4.98 Å². The lowest BCUT2D eigenvalue weighted by molar-refractivity contribution is 0.102. The second-order valence-corrected chi connectivity index (χ2v) is 5.99. The topological polar surface area (TPSA) is 65.8 Å². The normalized spacial score (nSPS) is 10.1. The Morgan fingerprint density at radius 2 is 2.00 bits per heavy atom.